The van der Waals surface area contributed by atoms with Gasteiger partial charge in [0.25, 0.3) is 0 Å². The molecule has 2 N–H and O–H groups in total. The van der Waals surface area contributed by atoms with Gasteiger partial charge in [-0.3, -0.25) is 9.80 Å². The van der Waals surface area contributed by atoms with Crippen molar-refractivity contribution in [1.29, 1.82) is 0 Å². The predicted molar refractivity (Wildman–Crippen MR) is 161 cm³/mol. The monoisotopic (exact) mass is 571 g/mol. The lowest BCUT2D eigenvalue weighted by atomic mass is 9.99. The fourth-order valence-electron chi connectivity index (χ4n) is 5.45. The summed E-state index contributed by atoms with van der Waals surface area (Å²) in [6, 6.07) is 26.6. The maximum Gasteiger partial charge on any atom is 0.407 e. The van der Waals surface area contributed by atoms with E-state index >= 15 is 0 Å². The molecule has 0 bridgehead atoms. The van der Waals surface area contributed by atoms with Crippen LogP contribution in [0.5, 0.6) is 0 Å². The van der Waals surface area contributed by atoms with Crippen molar-refractivity contribution < 1.29 is 24.1 Å². The smallest absolute Gasteiger partial charge is 0.407 e. The molecule has 2 saturated heterocycles. The summed E-state index contributed by atoms with van der Waals surface area (Å²) in [6.45, 7) is 10.0. The lowest BCUT2D eigenvalue weighted by Gasteiger charge is -2.40. The fourth-order valence-corrected chi connectivity index (χ4v) is 5.45. The van der Waals surface area contributed by atoms with Gasteiger partial charge >= 0.3 is 6.09 Å². The molecule has 8 heteroatoms. The molecule has 3 atom stereocenters. The summed E-state index contributed by atoms with van der Waals surface area (Å²) >= 11 is 0. The Morgan fingerprint density at radius 2 is 1.55 bits per heavy atom. The minimum Gasteiger partial charge on any atom is -0.445 e. The number of nitrogens with zero attached hydrogens (tertiary/aromatic N) is 2. The zero-order chi connectivity index (χ0) is 29.1. The molecule has 0 spiro atoms. The number of carbonyl (C=O) groups is 1. The van der Waals surface area contributed by atoms with Crippen LogP contribution in [0.2, 0.25) is 0 Å². The highest BCUT2D eigenvalue weighted by Gasteiger charge is 2.33. The SMILES string of the molecule is C=CCOC(=O)NCc1ccc(C2OC(CN3CCN(Cc4ccccc4)CC3)CC(c3ccc(CO)cc3)O2)cc1. The standard InChI is InChI=1S/C34H41N3O5/c1-2-20-40-34(39)35-22-26-8-14-30(15-9-26)33-41-31(21-32(42-33)29-12-10-28(25-38)11-13-29)24-37-18-16-36(17-19-37)23-27-6-4-3-5-7-27/h2-15,31-33,38H,1,16-25H2,(H,35,39). The Labute approximate surface area is 248 Å². The average molecular weight is 572 g/mol. The molecule has 3 unspecified atom stereocenters. The van der Waals surface area contributed by atoms with Gasteiger partial charge in [-0.05, 0) is 22.3 Å². The second-order valence-electron chi connectivity index (χ2n) is 10.9. The van der Waals surface area contributed by atoms with E-state index in [4.69, 9.17) is 14.2 Å². The highest BCUT2D eigenvalue weighted by molar-refractivity contribution is 5.67. The zero-order valence-electron chi connectivity index (χ0n) is 24.1. The molecule has 2 fully saturated rings. The summed E-state index contributed by atoms with van der Waals surface area (Å²) in [5, 5.41) is 12.2. The van der Waals surface area contributed by atoms with Gasteiger partial charge in [-0.25, -0.2) is 4.79 Å². The van der Waals surface area contributed by atoms with E-state index < -0.39 is 12.4 Å². The van der Waals surface area contributed by atoms with Gasteiger partial charge in [-0.2, -0.15) is 0 Å². The van der Waals surface area contributed by atoms with Gasteiger partial charge in [0, 0.05) is 57.8 Å². The van der Waals surface area contributed by atoms with E-state index in [0.29, 0.717) is 6.54 Å². The first kappa shape index (κ1) is 29.9. The van der Waals surface area contributed by atoms with E-state index in [1.807, 2.05) is 48.5 Å². The van der Waals surface area contributed by atoms with Crippen molar-refractivity contribution >= 4 is 6.09 Å². The first-order chi connectivity index (χ1) is 20.6. The molecule has 2 heterocycles. The van der Waals surface area contributed by atoms with Gasteiger partial charge in [-0.1, -0.05) is 91.5 Å². The second kappa shape index (κ2) is 15.1. The van der Waals surface area contributed by atoms with Crippen LogP contribution in [0.1, 0.15) is 46.6 Å². The lowest BCUT2D eigenvalue weighted by molar-refractivity contribution is -0.253. The number of rotatable bonds is 11. The summed E-state index contributed by atoms with van der Waals surface area (Å²) in [5.41, 5.74) is 5.20. The maximum absolute atomic E-state index is 11.8. The normalized spacial score (nSPS) is 21.5. The van der Waals surface area contributed by atoms with Gasteiger partial charge in [-0.15, -0.1) is 0 Å². The number of amides is 1. The number of hydrogen-bond acceptors (Lipinski definition) is 7. The topological polar surface area (TPSA) is 83.5 Å². The molecule has 0 aliphatic carbocycles. The zero-order valence-corrected chi connectivity index (χ0v) is 24.1. The van der Waals surface area contributed by atoms with Crippen LogP contribution in [0.3, 0.4) is 0 Å². The minimum atomic E-state index is -0.509. The Morgan fingerprint density at radius 3 is 2.24 bits per heavy atom. The van der Waals surface area contributed by atoms with Crippen LogP contribution in [0.15, 0.2) is 91.5 Å². The first-order valence-electron chi connectivity index (χ1n) is 14.7. The maximum atomic E-state index is 11.8. The Kier molecular flexibility index (Phi) is 10.8. The largest absolute Gasteiger partial charge is 0.445 e. The van der Waals surface area contributed by atoms with Crippen LogP contribution in [0, 0.1) is 0 Å². The number of alkyl carbamates (subject to hydrolysis) is 1. The Balaban J connectivity index is 1.21. The number of hydrogen-bond donors (Lipinski definition) is 2. The summed E-state index contributed by atoms with van der Waals surface area (Å²) in [6.07, 6.45) is 1.19. The number of benzene rings is 3. The molecule has 42 heavy (non-hydrogen) atoms. The molecule has 2 aliphatic heterocycles. The second-order valence-corrected chi connectivity index (χ2v) is 10.9. The van der Waals surface area contributed by atoms with E-state index in [2.05, 4.69) is 52.0 Å². The third-order valence-corrected chi connectivity index (χ3v) is 7.81. The van der Waals surface area contributed by atoms with Crippen molar-refractivity contribution in [3.8, 4) is 0 Å². The predicted octanol–water partition coefficient (Wildman–Crippen LogP) is 4.95. The molecule has 8 nitrogen and oxygen atoms in total. The summed E-state index contributed by atoms with van der Waals surface area (Å²) in [5.74, 6) is 0. The molecule has 0 aromatic heterocycles. The summed E-state index contributed by atoms with van der Waals surface area (Å²) in [4.78, 5) is 16.8. The van der Waals surface area contributed by atoms with Crippen molar-refractivity contribution in [3.63, 3.8) is 0 Å². The van der Waals surface area contributed by atoms with Crippen LogP contribution >= 0.6 is 0 Å². The van der Waals surface area contributed by atoms with Gasteiger partial charge in [0.05, 0.1) is 18.8 Å². The third kappa shape index (κ3) is 8.50. The van der Waals surface area contributed by atoms with Crippen LogP contribution in [0.25, 0.3) is 0 Å². The van der Waals surface area contributed by atoms with E-state index in [1.165, 1.54) is 11.6 Å². The number of piperazine rings is 1. The molecule has 0 saturated carbocycles. The summed E-state index contributed by atoms with van der Waals surface area (Å²) in [7, 11) is 0. The Hall–Kier alpha value is -3.53. The van der Waals surface area contributed by atoms with Gasteiger partial charge in [0.15, 0.2) is 6.29 Å². The molecule has 222 valence electrons. The average Bonchev–Trinajstić information content (AvgIpc) is 3.04. The molecular weight excluding hydrogens is 530 g/mol. The van der Waals surface area contributed by atoms with Crippen LogP contribution in [-0.4, -0.2) is 66.4 Å². The molecule has 3 aromatic carbocycles. The Morgan fingerprint density at radius 1 is 0.881 bits per heavy atom. The van der Waals surface area contributed by atoms with E-state index in [-0.39, 0.29) is 25.4 Å². The van der Waals surface area contributed by atoms with E-state index in [9.17, 15) is 9.90 Å². The third-order valence-electron chi connectivity index (χ3n) is 7.81. The molecule has 0 radical (unpaired) electrons. The number of aliphatic hydroxyl groups excluding tert-OH is 1. The molecule has 1 amide bonds. The van der Waals surface area contributed by atoms with Gasteiger partial charge in [0.2, 0.25) is 0 Å². The Bertz CT molecular complexity index is 1260. The number of aliphatic hydroxyl groups is 1. The molecular formula is C34H41N3O5. The highest BCUT2D eigenvalue weighted by Crippen LogP contribution is 2.38. The van der Waals surface area contributed by atoms with Crippen LogP contribution in [-0.2, 0) is 33.9 Å². The van der Waals surface area contributed by atoms with Crippen molar-refractivity contribution in [2.24, 2.45) is 0 Å². The molecule has 2 aliphatic rings. The highest BCUT2D eigenvalue weighted by atomic mass is 16.7. The number of carbonyl (C=O) groups excluding carboxylic acids is 1. The van der Waals surface area contributed by atoms with Crippen molar-refractivity contribution in [1.82, 2.24) is 15.1 Å². The quantitative estimate of drug-likeness (QED) is 0.315. The number of ether oxygens (including phenoxy) is 3. The van der Waals surface area contributed by atoms with Crippen LogP contribution in [0.4, 0.5) is 4.79 Å². The van der Waals surface area contributed by atoms with Crippen molar-refractivity contribution in [2.45, 2.75) is 44.6 Å². The van der Waals surface area contributed by atoms with Crippen molar-refractivity contribution in [2.75, 3.05) is 39.3 Å². The molecule has 3 aromatic rings. The van der Waals surface area contributed by atoms with Crippen LogP contribution < -0.4 is 5.32 Å². The van der Waals surface area contributed by atoms with Gasteiger partial charge < -0.3 is 24.6 Å². The lowest BCUT2D eigenvalue weighted by Crippen LogP contribution is -2.49. The van der Waals surface area contributed by atoms with Crippen molar-refractivity contribution in [3.05, 3.63) is 119 Å². The van der Waals surface area contributed by atoms with E-state index in [0.717, 1.165) is 67.9 Å². The minimum absolute atomic E-state index is 0.00733. The fraction of sp³-hybridized carbons (Fsp3) is 0.382. The molecule has 5 rings (SSSR count). The van der Waals surface area contributed by atoms with E-state index in [1.54, 1.807) is 0 Å². The van der Waals surface area contributed by atoms with Gasteiger partial charge in [0.1, 0.15) is 6.61 Å². The first-order valence-corrected chi connectivity index (χ1v) is 14.7. The summed E-state index contributed by atoms with van der Waals surface area (Å²) < 4.78 is 18.0. The number of nitrogens with one attached hydrogen (secondary N) is 1.